The van der Waals surface area contributed by atoms with Gasteiger partial charge in [-0.15, -0.1) is 0 Å². The van der Waals surface area contributed by atoms with E-state index < -0.39 is 29.4 Å². The van der Waals surface area contributed by atoms with E-state index in [1.165, 1.54) is 26.9 Å². The molecule has 42 heavy (non-hydrogen) atoms. The number of nitrogens with one attached hydrogen (secondary N) is 1. The number of hydrogen-bond donors (Lipinski definition) is 1. The van der Waals surface area contributed by atoms with E-state index in [4.69, 9.17) is 9.47 Å². The first kappa shape index (κ1) is 30.8. The minimum atomic E-state index is -0.826. The van der Waals surface area contributed by atoms with Crippen LogP contribution in [0.1, 0.15) is 82.8 Å². The van der Waals surface area contributed by atoms with Crippen LogP contribution in [0.2, 0.25) is 0 Å². The second-order valence-electron chi connectivity index (χ2n) is 12.6. The van der Waals surface area contributed by atoms with Crippen molar-refractivity contribution in [3.8, 4) is 0 Å². The molecule has 1 atom stereocenters. The first-order valence-corrected chi connectivity index (χ1v) is 14.5. The Bertz CT molecular complexity index is 1330. The normalized spacial score (nSPS) is 15.2. The highest BCUT2D eigenvalue weighted by Crippen LogP contribution is 2.29. The van der Waals surface area contributed by atoms with Gasteiger partial charge in [-0.25, -0.2) is 19.1 Å². The van der Waals surface area contributed by atoms with E-state index in [0.29, 0.717) is 17.9 Å². The molecule has 0 aliphatic carbocycles. The van der Waals surface area contributed by atoms with Crippen LogP contribution >= 0.6 is 0 Å². The predicted octanol–water partition coefficient (Wildman–Crippen LogP) is 6.06. The summed E-state index contributed by atoms with van der Waals surface area (Å²) in [6, 6.07) is 19.9. The molecule has 1 aromatic heterocycles. The smallest absolute Gasteiger partial charge is 0.420 e. The molecule has 0 saturated carbocycles. The predicted molar refractivity (Wildman–Crippen MR) is 160 cm³/mol. The van der Waals surface area contributed by atoms with Crippen molar-refractivity contribution in [2.75, 3.05) is 6.54 Å². The van der Waals surface area contributed by atoms with E-state index >= 15 is 0 Å². The Balaban J connectivity index is 1.47. The van der Waals surface area contributed by atoms with Crippen LogP contribution in [-0.4, -0.2) is 56.3 Å². The number of fused-ring (bicyclic) bond motifs is 1. The third-order valence-electron chi connectivity index (χ3n) is 6.93. The molecule has 0 saturated heterocycles. The molecule has 0 bridgehead atoms. The summed E-state index contributed by atoms with van der Waals surface area (Å²) in [6.07, 6.45) is 1.93. The van der Waals surface area contributed by atoms with E-state index in [9.17, 15) is 14.4 Å². The first-order chi connectivity index (χ1) is 19.8. The fraction of sp³-hybridized carbons (Fsp3) is 0.455. The minimum Gasteiger partial charge on any atom is -0.444 e. The molecule has 1 aliphatic rings. The van der Waals surface area contributed by atoms with Crippen LogP contribution in [0, 0.1) is 0 Å². The van der Waals surface area contributed by atoms with Crippen LogP contribution in [0.3, 0.4) is 0 Å². The zero-order valence-corrected chi connectivity index (χ0v) is 25.4. The number of nitrogens with zero attached hydrogens (tertiary/aromatic N) is 3. The zero-order valence-electron chi connectivity index (χ0n) is 25.4. The van der Waals surface area contributed by atoms with Crippen molar-refractivity contribution in [3.05, 3.63) is 89.5 Å². The molecular formula is C33H42N4O5. The van der Waals surface area contributed by atoms with Gasteiger partial charge in [0.05, 0.1) is 17.9 Å². The van der Waals surface area contributed by atoms with Crippen molar-refractivity contribution in [2.45, 2.75) is 90.5 Å². The Hall–Kier alpha value is -4.14. The number of imidazole rings is 1. The van der Waals surface area contributed by atoms with Crippen molar-refractivity contribution < 1.29 is 23.9 Å². The average Bonchev–Trinajstić information content (AvgIpc) is 3.34. The third-order valence-corrected chi connectivity index (χ3v) is 6.93. The molecule has 224 valence electrons. The average molecular weight is 575 g/mol. The number of ether oxygens (including phenoxy) is 2. The molecule has 9 heteroatoms. The quantitative estimate of drug-likeness (QED) is 0.344. The molecule has 0 unspecified atom stereocenters. The Morgan fingerprint density at radius 1 is 0.881 bits per heavy atom. The van der Waals surface area contributed by atoms with Crippen LogP contribution in [0.15, 0.2) is 67.0 Å². The number of carbonyl (C=O) groups excluding carboxylic acids is 3. The maximum Gasteiger partial charge on any atom is 0.420 e. The van der Waals surface area contributed by atoms with E-state index in [2.05, 4.69) is 34.6 Å². The summed E-state index contributed by atoms with van der Waals surface area (Å²) >= 11 is 0. The van der Waals surface area contributed by atoms with Gasteiger partial charge in [-0.3, -0.25) is 9.69 Å². The summed E-state index contributed by atoms with van der Waals surface area (Å²) in [7, 11) is 0. The summed E-state index contributed by atoms with van der Waals surface area (Å²) < 4.78 is 12.5. The molecule has 2 aromatic carbocycles. The molecule has 0 fully saturated rings. The third kappa shape index (κ3) is 7.99. The van der Waals surface area contributed by atoms with Gasteiger partial charge in [0.1, 0.15) is 23.6 Å². The minimum absolute atomic E-state index is 0.00827. The molecule has 3 aromatic rings. The monoisotopic (exact) mass is 574 g/mol. The molecule has 2 heterocycles. The molecule has 0 radical (unpaired) electrons. The van der Waals surface area contributed by atoms with Crippen molar-refractivity contribution in [1.29, 1.82) is 0 Å². The molecule has 0 spiro atoms. The number of amides is 2. The number of rotatable bonds is 7. The number of carbonyl (C=O) groups is 3. The number of benzene rings is 2. The lowest BCUT2D eigenvalue weighted by atomic mass is 9.87. The van der Waals surface area contributed by atoms with Gasteiger partial charge in [0, 0.05) is 18.9 Å². The molecule has 4 rings (SSSR count). The molecular weight excluding hydrogens is 532 g/mol. The van der Waals surface area contributed by atoms with Gasteiger partial charge in [-0.1, -0.05) is 60.7 Å². The first-order valence-electron chi connectivity index (χ1n) is 14.5. The van der Waals surface area contributed by atoms with Crippen LogP contribution in [-0.2, 0) is 27.2 Å². The zero-order chi connectivity index (χ0) is 30.5. The standard InChI is InChI=1S/C33H42N4O5/c1-32(2,3)41-30(39)36-21-28-26(35-22-37(28)31(40)42-33(4,5)6)20-27(36)29(38)34-19-13-18-25(23-14-9-7-10-15-23)24-16-11-8-12-17-24/h7-12,14-17,22,25,27H,13,18-21H2,1-6H3,(H,34,38)/t27-/m0/s1. The lowest BCUT2D eigenvalue weighted by Crippen LogP contribution is -2.54. The van der Waals surface area contributed by atoms with Crippen LogP contribution in [0.25, 0.3) is 0 Å². The Kier molecular flexibility index (Phi) is 9.39. The molecule has 2 amide bonds. The van der Waals surface area contributed by atoms with Crippen molar-refractivity contribution >= 4 is 18.1 Å². The highest BCUT2D eigenvalue weighted by molar-refractivity contribution is 5.86. The second kappa shape index (κ2) is 12.8. The molecule has 1 aliphatic heterocycles. The summed E-state index contributed by atoms with van der Waals surface area (Å²) in [5, 5.41) is 3.04. The van der Waals surface area contributed by atoms with E-state index in [0.717, 1.165) is 12.8 Å². The summed E-state index contributed by atoms with van der Waals surface area (Å²) in [5.74, 6) is -0.0779. The number of hydrogen-bond acceptors (Lipinski definition) is 6. The fourth-order valence-electron chi connectivity index (χ4n) is 5.06. The van der Waals surface area contributed by atoms with Gasteiger partial charge in [-0.05, 0) is 65.5 Å². The second-order valence-corrected chi connectivity index (χ2v) is 12.6. The van der Waals surface area contributed by atoms with E-state index in [1.54, 1.807) is 41.5 Å². The van der Waals surface area contributed by atoms with Crippen LogP contribution in [0.5, 0.6) is 0 Å². The van der Waals surface area contributed by atoms with Gasteiger partial charge in [0.2, 0.25) is 5.91 Å². The number of aromatic nitrogens is 2. The maximum atomic E-state index is 13.5. The van der Waals surface area contributed by atoms with E-state index in [1.807, 2.05) is 36.4 Å². The van der Waals surface area contributed by atoms with Gasteiger partial charge >= 0.3 is 12.2 Å². The van der Waals surface area contributed by atoms with Crippen LogP contribution < -0.4 is 5.32 Å². The van der Waals surface area contributed by atoms with Gasteiger partial charge < -0.3 is 14.8 Å². The lowest BCUT2D eigenvalue weighted by molar-refractivity contribution is -0.127. The lowest BCUT2D eigenvalue weighted by Gasteiger charge is -2.35. The molecule has 1 N–H and O–H groups in total. The topological polar surface area (TPSA) is 103 Å². The Morgan fingerprint density at radius 2 is 1.43 bits per heavy atom. The largest absolute Gasteiger partial charge is 0.444 e. The summed E-state index contributed by atoms with van der Waals surface area (Å²) in [4.78, 5) is 45.4. The van der Waals surface area contributed by atoms with Gasteiger partial charge in [-0.2, -0.15) is 0 Å². The SMILES string of the molecule is CC(C)(C)OC(=O)N1Cc2c(ncn2C(=O)OC(C)(C)C)C[C@H]1C(=O)NCCCC(c1ccccc1)c1ccccc1. The van der Waals surface area contributed by atoms with Crippen molar-refractivity contribution in [2.24, 2.45) is 0 Å². The Morgan fingerprint density at radius 3 is 1.98 bits per heavy atom. The van der Waals surface area contributed by atoms with Gasteiger partial charge in [0.25, 0.3) is 0 Å². The van der Waals surface area contributed by atoms with E-state index in [-0.39, 0.29) is 24.8 Å². The van der Waals surface area contributed by atoms with Crippen molar-refractivity contribution in [3.63, 3.8) is 0 Å². The van der Waals surface area contributed by atoms with Gasteiger partial charge in [0.15, 0.2) is 0 Å². The highest BCUT2D eigenvalue weighted by atomic mass is 16.6. The highest BCUT2D eigenvalue weighted by Gasteiger charge is 2.40. The fourth-order valence-corrected chi connectivity index (χ4v) is 5.06. The summed E-state index contributed by atoms with van der Waals surface area (Å²) in [5.41, 5.74) is 2.09. The molecule has 9 nitrogen and oxygen atoms in total. The summed E-state index contributed by atoms with van der Waals surface area (Å²) in [6.45, 7) is 11.1. The maximum absolute atomic E-state index is 13.5. The van der Waals surface area contributed by atoms with Crippen molar-refractivity contribution in [1.82, 2.24) is 19.8 Å². The van der Waals surface area contributed by atoms with Crippen LogP contribution in [0.4, 0.5) is 9.59 Å². The Labute approximate surface area is 248 Å².